The Labute approximate surface area is 127 Å². The summed E-state index contributed by atoms with van der Waals surface area (Å²) in [6.07, 6.45) is 2.46. The Balaban J connectivity index is 2.14. The van der Waals surface area contributed by atoms with Crippen LogP contribution in [0.3, 0.4) is 0 Å². The molecule has 3 atom stereocenters. The second-order valence-corrected chi connectivity index (χ2v) is 8.11. The predicted octanol–water partition coefficient (Wildman–Crippen LogP) is 1.97. The van der Waals surface area contributed by atoms with Gasteiger partial charge in [0.1, 0.15) is 6.17 Å². The van der Waals surface area contributed by atoms with E-state index in [1.165, 1.54) is 0 Å². The SMILES string of the molecule is CC(C)CC1NC(c2cccs2)N(CCS(C)=O)C1=O. The quantitative estimate of drug-likeness (QED) is 0.873. The highest BCUT2D eigenvalue weighted by Crippen LogP contribution is 2.30. The van der Waals surface area contributed by atoms with Crippen molar-refractivity contribution in [3.05, 3.63) is 22.4 Å². The first-order valence-electron chi connectivity index (χ1n) is 6.89. The van der Waals surface area contributed by atoms with Crippen molar-refractivity contribution in [2.45, 2.75) is 32.5 Å². The first-order valence-corrected chi connectivity index (χ1v) is 9.49. The summed E-state index contributed by atoms with van der Waals surface area (Å²) >= 11 is 1.65. The molecule has 0 bridgehead atoms. The molecule has 112 valence electrons. The van der Waals surface area contributed by atoms with Gasteiger partial charge in [0.2, 0.25) is 5.91 Å². The molecule has 0 aliphatic carbocycles. The highest BCUT2D eigenvalue weighted by Gasteiger charge is 2.39. The summed E-state index contributed by atoms with van der Waals surface area (Å²) in [6.45, 7) is 4.80. The van der Waals surface area contributed by atoms with Crippen molar-refractivity contribution in [1.82, 2.24) is 10.2 Å². The number of carbonyl (C=O) groups is 1. The lowest BCUT2D eigenvalue weighted by Gasteiger charge is -2.22. The first kappa shape index (κ1) is 15.7. The van der Waals surface area contributed by atoms with Crippen LogP contribution in [0.4, 0.5) is 0 Å². The average molecular weight is 314 g/mol. The van der Waals surface area contributed by atoms with E-state index >= 15 is 0 Å². The van der Waals surface area contributed by atoms with E-state index in [9.17, 15) is 9.00 Å². The third-order valence-corrected chi connectivity index (χ3v) is 5.07. The van der Waals surface area contributed by atoms with E-state index in [-0.39, 0.29) is 18.1 Å². The Morgan fingerprint density at radius 3 is 2.80 bits per heavy atom. The second kappa shape index (κ2) is 6.83. The van der Waals surface area contributed by atoms with E-state index in [0.29, 0.717) is 18.2 Å². The van der Waals surface area contributed by atoms with Gasteiger partial charge in [-0.05, 0) is 23.8 Å². The minimum Gasteiger partial charge on any atom is -0.320 e. The van der Waals surface area contributed by atoms with Gasteiger partial charge in [-0.15, -0.1) is 11.3 Å². The van der Waals surface area contributed by atoms with Crippen molar-refractivity contribution in [2.75, 3.05) is 18.6 Å². The Morgan fingerprint density at radius 1 is 1.50 bits per heavy atom. The van der Waals surface area contributed by atoms with Gasteiger partial charge < -0.3 is 4.90 Å². The number of nitrogens with one attached hydrogen (secondary N) is 1. The van der Waals surface area contributed by atoms with Gasteiger partial charge in [0.15, 0.2) is 0 Å². The number of hydrogen-bond donors (Lipinski definition) is 1. The summed E-state index contributed by atoms with van der Waals surface area (Å²) < 4.78 is 11.3. The summed E-state index contributed by atoms with van der Waals surface area (Å²) in [4.78, 5) is 15.5. The lowest BCUT2D eigenvalue weighted by molar-refractivity contribution is -0.130. The third-order valence-electron chi connectivity index (χ3n) is 3.39. The van der Waals surface area contributed by atoms with Crippen LogP contribution in [-0.2, 0) is 15.6 Å². The smallest absolute Gasteiger partial charge is 0.241 e. The van der Waals surface area contributed by atoms with Gasteiger partial charge in [0.05, 0.1) is 6.04 Å². The molecule has 0 radical (unpaired) electrons. The van der Waals surface area contributed by atoms with Crippen molar-refractivity contribution in [3.8, 4) is 0 Å². The van der Waals surface area contributed by atoms with Crippen molar-refractivity contribution in [1.29, 1.82) is 0 Å². The Kier molecular flexibility index (Phi) is 5.35. The fraction of sp³-hybridized carbons (Fsp3) is 0.643. The molecule has 6 heteroatoms. The van der Waals surface area contributed by atoms with Crippen LogP contribution >= 0.6 is 11.3 Å². The average Bonchev–Trinajstić information content (AvgIpc) is 2.96. The van der Waals surface area contributed by atoms with Crippen LogP contribution in [0.5, 0.6) is 0 Å². The number of carbonyl (C=O) groups excluding carboxylic acids is 1. The molecule has 2 heterocycles. The van der Waals surface area contributed by atoms with E-state index in [1.807, 2.05) is 22.4 Å². The van der Waals surface area contributed by atoms with Gasteiger partial charge in [0.25, 0.3) is 0 Å². The fourth-order valence-electron chi connectivity index (χ4n) is 2.47. The van der Waals surface area contributed by atoms with Crippen LogP contribution < -0.4 is 5.32 Å². The second-order valence-electron chi connectivity index (χ2n) is 5.58. The van der Waals surface area contributed by atoms with E-state index in [2.05, 4.69) is 19.2 Å². The molecule has 0 saturated carbocycles. The van der Waals surface area contributed by atoms with Gasteiger partial charge in [-0.2, -0.15) is 0 Å². The Morgan fingerprint density at radius 2 is 2.25 bits per heavy atom. The molecule has 1 aromatic rings. The molecule has 0 spiro atoms. The summed E-state index contributed by atoms with van der Waals surface area (Å²) in [5.74, 6) is 1.15. The Hall–Kier alpha value is -0.720. The number of thiophene rings is 1. The van der Waals surface area contributed by atoms with Crippen LogP contribution in [0.1, 0.15) is 31.3 Å². The topological polar surface area (TPSA) is 49.4 Å². The van der Waals surface area contributed by atoms with E-state index in [1.54, 1.807) is 17.6 Å². The third kappa shape index (κ3) is 3.68. The molecule has 4 nitrogen and oxygen atoms in total. The molecule has 1 aliphatic rings. The molecule has 0 aromatic carbocycles. The van der Waals surface area contributed by atoms with Gasteiger partial charge in [-0.1, -0.05) is 19.9 Å². The molecule has 2 rings (SSSR count). The van der Waals surface area contributed by atoms with Gasteiger partial charge in [-0.25, -0.2) is 0 Å². The molecular formula is C14H22N2O2S2. The molecule has 1 saturated heterocycles. The van der Waals surface area contributed by atoms with Gasteiger partial charge in [-0.3, -0.25) is 14.3 Å². The zero-order valence-electron chi connectivity index (χ0n) is 12.2. The summed E-state index contributed by atoms with van der Waals surface area (Å²) in [5, 5.41) is 5.46. The van der Waals surface area contributed by atoms with Crippen LogP contribution in [0.2, 0.25) is 0 Å². The number of amides is 1. The first-order chi connectivity index (χ1) is 9.49. The van der Waals surface area contributed by atoms with E-state index < -0.39 is 10.8 Å². The van der Waals surface area contributed by atoms with E-state index in [4.69, 9.17) is 0 Å². The molecular weight excluding hydrogens is 292 g/mol. The van der Waals surface area contributed by atoms with Gasteiger partial charge in [0, 0.05) is 34.2 Å². The fourth-order valence-corrected chi connectivity index (χ4v) is 3.72. The van der Waals surface area contributed by atoms with E-state index in [0.717, 1.165) is 11.3 Å². The maximum atomic E-state index is 12.5. The lowest BCUT2D eigenvalue weighted by atomic mass is 10.0. The molecule has 1 amide bonds. The Bertz CT molecular complexity index is 474. The largest absolute Gasteiger partial charge is 0.320 e. The maximum absolute atomic E-state index is 12.5. The maximum Gasteiger partial charge on any atom is 0.241 e. The molecule has 20 heavy (non-hydrogen) atoms. The van der Waals surface area contributed by atoms with Crippen molar-refractivity contribution >= 4 is 28.0 Å². The van der Waals surface area contributed by atoms with Crippen molar-refractivity contribution in [2.24, 2.45) is 5.92 Å². The highest BCUT2D eigenvalue weighted by molar-refractivity contribution is 7.84. The minimum absolute atomic E-state index is 0.0604. The molecule has 1 aliphatic heterocycles. The van der Waals surface area contributed by atoms with Crippen LogP contribution in [-0.4, -0.2) is 39.6 Å². The lowest BCUT2D eigenvalue weighted by Crippen LogP contribution is -2.34. The highest BCUT2D eigenvalue weighted by atomic mass is 32.2. The van der Waals surface area contributed by atoms with Crippen LogP contribution in [0.15, 0.2) is 17.5 Å². The molecule has 3 unspecified atom stereocenters. The van der Waals surface area contributed by atoms with Crippen LogP contribution in [0.25, 0.3) is 0 Å². The zero-order valence-corrected chi connectivity index (χ0v) is 13.8. The predicted molar refractivity (Wildman–Crippen MR) is 84.1 cm³/mol. The summed E-state index contributed by atoms with van der Waals surface area (Å²) in [5.41, 5.74) is 0. The number of nitrogens with zero attached hydrogens (tertiary/aromatic N) is 1. The molecule has 1 aromatic heterocycles. The normalized spacial score (nSPS) is 24.6. The molecule has 1 N–H and O–H groups in total. The minimum atomic E-state index is -0.878. The zero-order chi connectivity index (χ0) is 14.7. The number of hydrogen-bond acceptors (Lipinski definition) is 4. The van der Waals surface area contributed by atoms with Crippen molar-refractivity contribution < 1.29 is 9.00 Å². The van der Waals surface area contributed by atoms with Gasteiger partial charge >= 0.3 is 0 Å². The monoisotopic (exact) mass is 314 g/mol. The number of rotatable bonds is 6. The van der Waals surface area contributed by atoms with Crippen LogP contribution in [0, 0.1) is 5.92 Å². The standard InChI is InChI=1S/C14H22N2O2S2/c1-10(2)9-11-14(17)16(6-8-20(3)18)13(15-11)12-5-4-7-19-12/h4-5,7,10-11,13,15H,6,8-9H2,1-3H3. The summed E-state index contributed by atoms with van der Waals surface area (Å²) in [6, 6.07) is 3.92. The van der Waals surface area contributed by atoms with Crippen molar-refractivity contribution in [3.63, 3.8) is 0 Å². The molecule has 1 fully saturated rings. The summed E-state index contributed by atoms with van der Waals surface area (Å²) in [7, 11) is -0.878.